The zero-order valence-electron chi connectivity index (χ0n) is 10.4. The average molecular weight is 235 g/mol. The Balaban J connectivity index is 2.44. The van der Waals surface area contributed by atoms with E-state index in [2.05, 4.69) is 25.8 Å². The van der Waals surface area contributed by atoms with Crippen molar-refractivity contribution in [2.75, 3.05) is 11.4 Å². The number of aliphatic imine (C=N–C) groups is 1. The molecule has 3 nitrogen and oxygen atoms in total. The largest absolute Gasteiger partial charge is 0.369 e. The Morgan fingerprint density at radius 1 is 1.47 bits per heavy atom. The van der Waals surface area contributed by atoms with Gasteiger partial charge in [0.1, 0.15) is 5.82 Å². The van der Waals surface area contributed by atoms with Gasteiger partial charge in [-0.25, -0.2) is 4.39 Å². The second-order valence-corrected chi connectivity index (χ2v) is 5.00. The lowest BCUT2D eigenvalue weighted by Crippen LogP contribution is -2.53. The van der Waals surface area contributed by atoms with E-state index in [1.54, 1.807) is 6.07 Å². The summed E-state index contributed by atoms with van der Waals surface area (Å²) in [7, 11) is 0. The van der Waals surface area contributed by atoms with E-state index in [4.69, 9.17) is 5.73 Å². The van der Waals surface area contributed by atoms with Crippen LogP contribution in [-0.4, -0.2) is 18.0 Å². The molecule has 0 spiro atoms. The topological polar surface area (TPSA) is 41.6 Å². The Morgan fingerprint density at radius 2 is 2.18 bits per heavy atom. The summed E-state index contributed by atoms with van der Waals surface area (Å²) in [6.07, 6.45) is 0. The minimum Gasteiger partial charge on any atom is -0.369 e. The maximum atomic E-state index is 13.3. The van der Waals surface area contributed by atoms with E-state index in [1.807, 2.05) is 11.0 Å². The van der Waals surface area contributed by atoms with Gasteiger partial charge in [-0.3, -0.25) is 4.99 Å². The molecule has 4 heteroatoms. The summed E-state index contributed by atoms with van der Waals surface area (Å²) in [5, 5.41) is 0. The summed E-state index contributed by atoms with van der Waals surface area (Å²) in [5.74, 6) is 0.579. The Kier molecular flexibility index (Phi) is 2.81. The average Bonchev–Trinajstić information content (AvgIpc) is 2.56. The van der Waals surface area contributed by atoms with Crippen molar-refractivity contribution in [1.82, 2.24) is 0 Å². The van der Waals surface area contributed by atoms with Crippen molar-refractivity contribution in [2.45, 2.75) is 26.3 Å². The van der Waals surface area contributed by atoms with Crippen molar-refractivity contribution < 1.29 is 4.39 Å². The summed E-state index contributed by atoms with van der Waals surface area (Å²) >= 11 is 0. The summed E-state index contributed by atoms with van der Waals surface area (Å²) < 4.78 is 13.3. The van der Waals surface area contributed by atoms with Gasteiger partial charge in [0.05, 0.1) is 12.1 Å². The van der Waals surface area contributed by atoms with E-state index in [1.165, 1.54) is 12.1 Å². The number of benzene rings is 1. The second-order valence-electron chi connectivity index (χ2n) is 5.00. The number of hydrogen-bond donors (Lipinski definition) is 1. The molecule has 0 aliphatic carbocycles. The molecule has 0 saturated heterocycles. The van der Waals surface area contributed by atoms with Gasteiger partial charge in [-0.2, -0.15) is 0 Å². The van der Waals surface area contributed by atoms with E-state index in [9.17, 15) is 4.39 Å². The van der Waals surface area contributed by atoms with Crippen LogP contribution in [0.1, 0.15) is 20.8 Å². The molecule has 1 atom stereocenters. The van der Waals surface area contributed by atoms with Crippen molar-refractivity contribution in [3.8, 4) is 0 Å². The van der Waals surface area contributed by atoms with Crippen LogP contribution in [0.4, 0.5) is 10.1 Å². The Hall–Kier alpha value is -1.58. The smallest absolute Gasteiger partial charge is 0.196 e. The van der Waals surface area contributed by atoms with Crippen LogP contribution in [-0.2, 0) is 0 Å². The first-order valence-corrected chi connectivity index (χ1v) is 5.81. The fraction of sp³-hybridized carbons (Fsp3) is 0.462. The highest BCUT2D eigenvalue weighted by atomic mass is 19.1. The van der Waals surface area contributed by atoms with Gasteiger partial charge in [0.15, 0.2) is 5.96 Å². The fourth-order valence-corrected chi connectivity index (χ4v) is 2.13. The van der Waals surface area contributed by atoms with Crippen LogP contribution >= 0.6 is 0 Å². The molecule has 1 aromatic carbocycles. The summed E-state index contributed by atoms with van der Waals surface area (Å²) in [6, 6.07) is 6.47. The predicted octanol–water partition coefficient (Wildman–Crippen LogP) is 2.38. The molecule has 2 N–H and O–H groups in total. The van der Waals surface area contributed by atoms with Crippen molar-refractivity contribution in [3.05, 3.63) is 30.1 Å². The minimum atomic E-state index is -0.256. The molecule has 0 amide bonds. The molecule has 1 aliphatic heterocycles. The van der Waals surface area contributed by atoms with Gasteiger partial charge in [0.2, 0.25) is 0 Å². The minimum absolute atomic E-state index is 0.183. The number of nitrogens with zero attached hydrogens (tertiary/aromatic N) is 2. The van der Waals surface area contributed by atoms with Gasteiger partial charge in [-0.15, -0.1) is 0 Å². The first-order valence-electron chi connectivity index (χ1n) is 5.81. The van der Waals surface area contributed by atoms with Gasteiger partial charge in [0.25, 0.3) is 0 Å². The molecule has 1 aromatic rings. The SMILES string of the molecule is CC(C)C1(C)CN=C(N)N1c1cccc(F)c1. The molecule has 0 aromatic heterocycles. The zero-order chi connectivity index (χ0) is 12.6. The number of rotatable bonds is 2. The Morgan fingerprint density at radius 3 is 2.76 bits per heavy atom. The molecule has 1 heterocycles. The molecule has 0 radical (unpaired) electrons. The number of guanidine groups is 1. The van der Waals surface area contributed by atoms with E-state index < -0.39 is 0 Å². The van der Waals surface area contributed by atoms with E-state index in [0.717, 1.165) is 5.69 Å². The van der Waals surface area contributed by atoms with Crippen LogP contribution in [0.3, 0.4) is 0 Å². The molecular weight excluding hydrogens is 217 g/mol. The van der Waals surface area contributed by atoms with Gasteiger partial charge >= 0.3 is 0 Å². The first-order chi connectivity index (χ1) is 7.95. The number of hydrogen-bond acceptors (Lipinski definition) is 3. The van der Waals surface area contributed by atoms with Crippen LogP contribution < -0.4 is 10.6 Å². The molecule has 17 heavy (non-hydrogen) atoms. The van der Waals surface area contributed by atoms with E-state index in [-0.39, 0.29) is 11.4 Å². The normalized spacial score (nSPS) is 24.3. The lowest BCUT2D eigenvalue weighted by Gasteiger charge is -2.39. The van der Waals surface area contributed by atoms with Crippen LogP contribution in [0.25, 0.3) is 0 Å². The third-order valence-electron chi connectivity index (χ3n) is 3.61. The van der Waals surface area contributed by atoms with Crippen LogP contribution in [0, 0.1) is 11.7 Å². The lowest BCUT2D eigenvalue weighted by molar-refractivity contribution is 0.366. The first kappa shape index (κ1) is 11.9. The summed E-state index contributed by atoms with van der Waals surface area (Å²) in [5.41, 5.74) is 6.51. The molecule has 0 fully saturated rings. The zero-order valence-corrected chi connectivity index (χ0v) is 10.4. The highest BCUT2D eigenvalue weighted by Gasteiger charge is 2.41. The van der Waals surface area contributed by atoms with E-state index in [0.29, 0.717) is 18.4 Å². The van der Waals surface area contributed by atoms with Crippen molar-refractivity contribution in [1.29, 1.82) is 0 Å². The molecule has 92 valence electrons. The maximum Gasteiger partial charge on any atom is 0.196 e. The highest BCUT2D eigenvalue weighted by Crippen LogP contribution is 2.34. The summed E-state index contributed by atoms with van der Waals surface area (Å²) in [6.45, 7) is 7.00. The van der Waals surface area contributed by atoms with Crippen LogP contribution in [0.2, 0.25) is 0 Å². The molecule has 0 saturated carbocycles. The predicted molar refractivity (Wildman–Crippen MR) is 68.6 cm³/mol. The van der Waals surface area contributed by atoms with Crippen LogP contribution in [0.5, 0.6) is 0 Å². The molecule has 0 bridgehead atoms. The van der Waals surface area contributed by atoms with E-state index >= 15 is 0 Å². The maximum absolute atomic E-state index is 13.3. The third-order valence-corrected chi connectivity index (χ3v) is 3.61. The molecule has 1 unspecified atom stereocenters. The number of anilines is 1. The highest BCUT2D eigenvalue weighted by molar-refractivity contribution is 5.98. The molecule has 2 rings (SSSR count). The van der Waals surface area contributed by atoms with Gasteiger partial charge in [0, 0.05) is 5.69 Å². The fourth-order valence-electron chi connectivity index (χ4n) is 2.13. The quantitative estimate of drug-likeness (QED) is 0.855. The second kappa shape index (κ2) is 4.02. The Bertz CT molecular complexity index is 456. The van der Waals surface area contributed by atoms with Crippen molar-refractivity contribution in [2.24, 2.45) is 16.6 Å². The Labute approximate surface area is 101 Å². The number of halogens is 1. The van der Waals surface area contributed by atoms with Crippen molar-refractivity contribution in [3.63, 3.8) is 0 Å². The van der Waals surface area contributed by atoms with Gasteiger partial charge in [-0.1, -0.05) is 19.9 Å². The molecule has 1 aliphatic rings. The summed E-state index contributed by atoms with van der Waals surface area (Å²) in [4.78, 5) is 6.23. The standard InChI is InChI=1S/C13H18FN3/c1-9(2)13(3)8-16-12(15)17(13)11-6-4-5-10(14)7-11/h4-7,9H,8H2,1-3H3,(H2,15,16). The van der Waals surface area contributed by atoms with Crippen LogP contribution in [0.15, 0.2) is 29.3 Å². The number of nitrogens with two attached hydrogens (primary N) is 1. The monoisotopic (exact) mass is 235 g/mol. The lowest BCUT2D eigenvalue weighted by atomic mass is 9.87. The van der Waals surface area contributed by atoms with Gasteiger partial charge in [-0.05, 0) is 31.0 Å². The van der Waals surface area contributed by atoms with Gasteiger partial charge < -0.3 is 10.6 Å². The molecular formula is C13H18FN3. The van der Waals surface area contributed by atoms with Crippen molar-refractivity contribution >= 4 is 11.6 Å². The third kappa shape index (κ3) is 1.88.